The Bertz CT molecular complexity index is 1440. The second-order valence-electron chi connectivity index (χ2n) is 7.56. The van der Waals surface area contributed by atoms with E-state index in [0.29, 0.717) is 22.3 Å². The number of nitrogens with one attached hydrogen (secondary N) is 1. The van der Waals surface area contributed by atoms with Crippen LogP contribution in [0.2, 0.25) is 0 Å². The van der Waals surface area contributed by atoms with Crippen molar-refractivity contribution < 1.29 is 18.3 Å². The Labute approximate surface area is 202 Å². The predicted octanol–water partition coefficient (Wildman–Crippen LogP) is 4.14. The molecule has 1 fully saturated rings. The summed E-state index contributed by atoms with van der Waals surface area (Å²) in [5.74, 6) is 6.52. The van der Waals surface area contributed by atoms with E-state index >= 15 is 0 Å². The lowest BCUT2D eigenvalue weighted by atomic mass is 10.00. The van der Waals surface area contributed by atoms with Crippen molar-refractivity contribution in [1.82, 2.24) is 29.9 Å². The first-order chi connectivity index (χ1) is 17.0. The van der Waals surface area contributed by atoms with Gasteiger partial charge in [0, 0.05) is 35.6 Å². The van der Waals surface area contributed by atoms with Crippen LogP contribution < -0.4 is 10.1 Å². The lowest BCUT2D eigenvalue weighted by Crippen LogP contribution is -2.15. The molecular weight excluding hydrogens is 476 g/mol. The number of carbonyl (C=O) groups is 1. The molecule has 0 atom stereocenters. The predicted molar refractivity (Wildman–Crippen MR) is 124 cm³/mol. The molecule has 1 aliphatic carbocycles. The fraction of sp³-hybridized carbons (Fsp3) is 0.217. The molecule has 176 valence electrons. The Balaban J connectivity index is 1.54. The largest absolute Gasteiger partial charge is 0.494 e. The third kappa shape index (κ3) is 4.99. The summed E-state index contributed by atoms with van der Waals surface area (Å²) in [4.78, 5) is 21.3. The molecule has 0 spiro atoms. The zero-order valence-corrected chi connectivity index (χ0v) is 19.1. The van der Waals surface area contributed by atoms with Crippen molar-refractivity contribution in [3.05, 3.63) is 59.3 Å². The van der Waals surface area contributed by atoms with Crippen LogP contribution in [0.1, 0.15) is 40.3 Å². The van der Waals surface area contributed by atoms with Gasteiger partial charge in [0.15, 0.2) is 10.8 Å². The number of hydrogen-bond donors (Lipinski definition) is 1. The lowest BCUT2D eigenvalue weighted by molar-refractivity contribution is 0.102. The molecule has 1 N–H and O–H groups in total. The molecule has 4 aromatic heterocycles. The second kappa shape index (κ2) is 9.55. The van der Waals surface area contributed by atoms with Gasteiger partial charge in [-0.3, -0.25) is 15.1 Å². The number of ether oxygens (including phenoxy) is 1. The van der Waals surface area contributed by atoms with E-state index in [1.807, 2.05) is 0 Å². The Morgan fingerprint density at radius 3 is 2.80 bits per heavy atom. The van der Waals surface area contributed by atoms with Crippen molar-refractivity contribution in [2.24, 2.45) is 5.92 Å². The van der Waals surface area contributed by atoms with Crippen molar-refractivity contribution in [3.63, 3.8) is 0 Å². The van der Waals surface area contributed by atoms with Crippen molar-refractivity contribution in [2.75, 3.05) is 12.4 Å². The molecule has 0 radical (unpaired) electrons. The first-order valence-corrected chi connectivity index (χ1v) is 11.3. The topological polar surface area (TPSA) is 108 Å². The maximum Gasteiger partial charge on any atom is 0.280 e. The minimum Gasteiger partial charge on any atom is -0.494 e. The maximum atomic E-state index is 13.4. The van der Waals surface area contributed by atoms with Crippen molar-refractivity contribution in [3.8, 4) is 34.5 Å². The van der Waals surface area contributed by atoms with Gasteiger partial charge < -0.3 is 4.74 Å². The van der Waals surface area contributed by atoms with Crippen LogP contribution in [0.15, 0.2) is 43.0 Å². The molecule has 0 aliphatic heterocycles. The number of methoxy groups -OCH3 is 1. The summed E-state index contributed by atoms with van der Waals surface area (Å²) in [6.07, 6.45) is 5.16. The highest BCUT2D eigenvalue weighted by atomic mass is 32.1. The number of nitrogens with zero attached hydrogens (tertiary/aromatic N) is 6. The highest BCUT2D eigenvalue weighted by molar-refractivity contribution is 7.15. The molecule has 0 unspecified atom stereocenters. The molecule has 9 nitrogen and oxygen atoms in total. The smallest absolute Gasteiger partial charge is 0.280 e. The standard InChI is InChI=1S/C23H17F2N7O2S/c1-34-18-12-26-17(21(24)25)9-15(18)14-10-19(32-8-2-7-28-32)27-11-16(14)22(33)29-23-31-30-20(35-23)6-5-13-3-4-13/h2,7-13,21H,3-4H2,1H3,(H,29,31,33). The van der Waals surface area contributed by atoms with Crippen molar-refractivity contribution >= 4 is 22.4 Å². The van der Waals surface area contributed by atoms with Gasteiger partial charge in [-0.1, -0.05) is 17.3 Å². The number of amides is 1. The first-order valence-electron chi connectivity index (χ1n) is 10.5. The summed E-state index contributed by atoms with van der Waals surface area (Å²) in [5, 5.41) is 15.6. The highest BCUT2D eigenvalue weighted by Crippen LogP contribution is 2.35. The number of carbonyl (C=O) groups excluding carboxylic acids is 1. The quantitative estimate of drug-likeness (QED) is 0.402. The van der Waals surface area contributed by atoms with Crippen LogP contribution in [0.5, 0.6) is 5.75 Å². The molecule has 4 heterocycles. The molecule has 0 saturated heterocycles. The third-order valence-electron chi connectivity index (χ3n) is 5.10. The highest BCUT2D eigenvalue weighted by Gasteiger charge is 2.22. The fourth-order valence-electron chi connectivity index (χ4n) is 3.21. The van der Waals surface area contributed by atoms with E-state index in [-0.39, 0.29) is 22.0 Å². The van der Waals surface area contributed by atoms with Gasteiger partial charge in [0.25, 0.3) is 12.3 Å². The zero-order valence-electron chi connectivity index (χ0n) is 18.3. The summed E-state index contributed by atoms with van der Waals surface area (Å²) in [7, 11) is 1.39. The summed E-state index contributed by atoms with van der Waals surface area (Å²) < 4.78 is 33.7. The number of halogens is 2. The first kappa shape index (κ1) is 22.5. The van der Waals surface area contributed by atoms with Gasteiger partial charge in [-0.05, 0) is 37.0 Å². The minimum absolute atomic E-state index is 0.117. The average molecular weight is 493 g/mol. The van der Waals surface area contributed by atoms with Crippen molar-refractivity contribution in [1.29, 1.82) is 0 Å². The Kier molecular flexibility index (Phi) is 6.15. The number of hydrogen-bond acceptors (Lipinski definition) is 8. The van der Waals surface area contributed by atoms with Crippen LogP contribution in [-0.2, 0) is 0 Å². The number of rotatable bonds is 6. The summed E-state index contributed by atoms with van der Waals surface area (Å²) in [6.45, 7) is 0. The number of aromatic nitrogens is 6. The summed E-state index contributed by atoms with van der Waals surface area (Å²) >= 11 is 1.15. The molecule has 4 aromatic rings. The van der Waals surface area contributed by atoms with Gasteiger partial charge in [-0.15, -0.1) is 10.2 Å². The van der Waals surface area contributed by atoms with E-state index in [0.717, 1.165) is 24.2 Å². The Hall–Kier alpha value is -4.24. The van der Waals surface area contributed by atoms with E-state index in [1.165, 1.54) is 30.3 Å². The Morgan fingerprint density at radius 1 is 1.23 bits per heavy atom. The molecule has 5 rings (SSSR count). The molecule has 0 bridgehead atoms. The number of alkyl halides is 2. The van der Waals surface area contributed by atoms with E-state index < -0.39 is 18.0 Å². The van der Waals surface area contributed by atoms with Crippen LogP contribution in [0.25, 0.3) is 16.9 Å². The summed E-state index contributed by atoms with van der Waals surface area (Å²) in [6, 6.07) is 4.48. The van der Waals surface area contributed by atoms with Gasteiger partial charge in [0.1, 0.15) is 11.4 Å². The molecule has 0 aromatic carbocycles. The Morgan fingerprint density at radius 2 is 2.09 bits per heavy atom. The number of anilines is 1. The van der Waals surface area contributed by atoms with Gasteiger partial charge >= 0.3 is 0 Å². The number of pyridine rings is 2. The summed E-state index contributed by atoms with van der Waals surface area (Å²) in [5.41, 5.74) is 0.230. The second-order valence-corrected chi connectivity index (χ2v) is 8.54. The molecule has 12 heteroatoms. The molecular formula is C23H17F2N7O2S. The van der Waals surface area contributed by atoms with Crippen LogP contribution in [-0.4, -0.2) is 43.0 Å². The SMILES string of the molecule is COc1cnc(C(F)F)cc1-c1cc(-n2cccn2)ncc1C(=O)Nc1nnc(C#CC2CC2)s1. The normalized spacial score (nSPS) is 12.8. The van der Waals surface area contributed by atoms with E-state index in [2.05, 4.69) is 42.4 Å². The van der Waals surface area contributed by atoms with Gasteiger partial charge in [-0.2, -0.15) is 5.10 Å². The maximum absolute atomic E-state index is 13.4. The van der Waals surface area contributed by atoms with E-state index in [1.54, 1.807) is 24.5 Å². The van der Waals surface area contributed by atoms with E-state index in [9.17, 15) is 13.6 Å². The van der Waals surface area contributed by atoms with Gasteiger partial charge in [-0.25, -0.2) is 18.4 Å². The van der Waals surface area contributed by atoms with Crippen LogP contribution in [0.3, 0.4) is 0 Å². The van der Waals surface area contributed by atoms with Crippen LogP contribution in [0.4, 0.5) is 13.9 Å². The molecule has 1 aliphatic rings. The van der Waals surface area contributed by atoms with Crippen LogP contribution >= 0.6 is 11.3 Å². The fourth-order valence-corrected chi connectivity index (χ4v) is 3.81. The average Bonchev–Trinajstić information content (AvgIpc) is 3.33. The van der Waals surface area contributed by atoms with Gasteiger partial charge in [0.05, 0.1) is 18.9 Å². The molecule has 1 saturated carbocycles. The molecule has 1 amide bonds. The van der Waals surface area contributed by atoms with E-state index in [4.69, 9.17) is 4.74 Å². The van der Waals surface area contributed by atoms with Gasteiger partial charge in [0.2, 0.25) is 5.13 Å². The van der Waals surface area contributed by atoms with Crippen LogP contribution in [0, 0.1) is 17.8 Å². The zero-order chi connectivity index (χ0) is 24.4. The minimum atomic E-state index is -2.80. The molecule has 35 heavy (non-hydrogen) atoms. The van der Waals surface area contributed by atoms with Crippen molar-refractivity contribution in [2.45, 2.75) is 19.3 Å². The lowest BCUT2D eigenvalue weighted by Gasteiger charge is -2.15. The third-order valence-corrected chi connectivity index (χ3v) is 5.86. The monoisotopic (exact) mass is 493 g/mol.